The van der Waals surface area contributed by atoms with Gasteiger partial charge in [-0.3, -0.25) is 0 Å². The molecule has 4 rings (SSSR count). The van der Waals surface area contributed by atoms with Gasteiger partial charge in [0.25, 0.3) is 0 Å². The highest BCUT2D eigenvalue weighted by molar-refractivity contribution is 6.20. The standard InChI is InChI=1S/C27H45Cl/c1-18(2)7-6-8-19(3)23-11-12-24-22-10-9-20-17-21(28)13-15-26(20,4)25(22)14-16-27(23,24)5/h9,18-19,21-25H,6-8,10-17H2,1-5H3/t19?,21?,22?,23?,24?,25?,26-,27?/m0/s1. The van der Waals surface area contributed by atoms with E-state index in [2.05, 4.69) is 40.7 Å². The summed E-state index contributed by atoms with van der Waals surface area (Å²) < 4.78 is 0. The van der Waals surface area contributed by atoms with Crippen LogP contribution in [0.5, 0.6) is 0 Å². The van der Waals surface area contributed by atoms with Crippen molar-refractivity contribution in [3.8, 4) is 0 Å². The molecule has 0 aromatic rings. The molecular formula is C27H45Cl. The van der Waals surface area contributed by atoms with Crippen LogP contribution in [-0.4, -0.2) is 5.38 Å². The molecule has 3 saturated carbocycles. The molecule has 0 aromatic carbocycles. The monoisotopic (exact) mass is 404 g/mol. The van der Waals surface area contributed by atoms with Crippen LogP contribution in [-0.2, 0) is 0 Å². The van der Waals surface area contributed by atoms with Gasteiger partial charge in [0.2, 0.25) is 0 Å². The number of fused-ring (bicyclic) bond motifs is 5. The fraction of sp³-hybridized carbons (Fsp3) is 0.926. The summed E-state index contributed by atoms with van der Waals surface area (Å²) in [6.45, 7) is 12.7. The molecule has 4 aliphatic carbocycles. The first-order valence-electron chi connectivity index (χ1n) is 12.6. The molecule has 0 radical (unpaired) electrons. The maximum atomic E-state index is 6.56. The Morgan fingerprint density at radius 2 is 1.79 bits per heavy atom. The zero-order chi connectivity index (χ0) is 20.1. The van der Waals surface area contributed by atoms with Crippen molar-refractivity contribution >= 4 is 11.6 Å². The van der Waals surface area contributed by atoms with Crippen molar-refractivity contribution in [2.75, 3.05) is 0 Å². The summed E-state index contributed by atoms with van der Waals surface area (Å²) in [5.74, 6) is 5.62. The second kappa shape index (κ2) is 7.94. The largest absolute Gasteiger partial charge is 0.123 e. The molecule has 0 bridgehead atoms. The first-order valence-corrected chi connectivity index (χ1v) is 13.0. The summed E-state index contributed by atoms with van der Waals surface area (Å²) in [6, 6.07) is 0. The van der Waals surface area contributed by atoms with Crippen LogP contribution in [0.2, 0.25) is 0 Å². The zero-order valence-corrected chi connectivity index (χ0v) is 20.0. The van der Waals surface area contributed by atoms with E-state index >= 15 is 0 Å². The lowest BCUT2D eigenvalue weighted by Crippen LogP contribution is -2.50. The van der Waals surface area contributed by atoms with Gasteiger partial charge in [-0.1, -0.05) is 65.5 Å². The molecule has 0 aromatic heterocycles. The van der Waals surface area contributed by atoms with Crippen LogP contribution in [0.15, 0.2) is 11.6 Å². The van der Waals surface area contributed by atoms with E-state index in [-0.39, 0.29) is 0 Å². The lowest BCUT2D eigenvalue weighted by atomic mass is 9.47. The highest BCUT2D eigenvalue weighted by atomic mass is 35.5. The van der Waals surface area contributed by atoms with Gasteiger partial charge in [-0.15, -0.1) is 11.6 Å². The minimum atomic E-state index is 0.396. The number of rotatable bonds is 5. The van der Waals surface area contributed by atoms with E-state index in [1.165, 1.54) is 70.6 Å². The highest BCUT2D eigenvalue weighted by Gasteiger charge is 2.58. The van der Waals surface area contributed by atoms with Crippen LogP contribution in [0, 0.1) is 46.3 Å². The lowest BCUT2D eigenvalue weighted by molar-refractivity contribution is -0.0498. The van der Waals surface area contributed by atoms with Crippen molar-refractivity contribution in [3.05, 3.63) is 11.6 Å². The summed E-state index contributed by atoms with van der Waals surface area (Å²) in [6.07, 6.45) is 18.0. The first kappa shape index (κ1) is 21.3. The Hall–Kier alpha value is 0.0300. The molecule has 1 heteroatoms. The Bertz CT molecular complexity index is 591. The molecule has 8 atom stereocenters. The van der Waals surface area contributed by atoms with Crippen molar-refractivity contribution < 1.29 is 0 Å². The number of halogens is 1. The summed E-state index contributed by atoms with van der Waals surface area (Å²) in [5.41, 5.74) is 2.82. The van der Waals surface area contributed by atoms with Crippen LogP contribution in [0.1, 0.15) is 105 Å². The predicted octanol–water partition coefficient (Wildman–Crippen LogP) is 8.64. The zero-order valence-electron chi connectivity index (χ0n) is 19.3. The van der Waals surface area contributed by atoms with Gasteiger partial charge in [0.1, 0.15) is 0 Å². The summed E-state index contributed by atoms with van der Waals surface area (Å²) >= 11 is 6.56. The van der Waals surface area contributed by atoms with Crippen LogP contribution in [0.25, 0.3) is 0 Å². The third kappa shape index (κ3) is 3.52. The summed E-state index contributed by atoms with van der Waals surface area (Å²) in [4.78, 5) is 0. The molecule has 4 aliphatic rings. The third-order valence-electron chi connectivity index (χ3n) is 10.2. The van der Waals surface area contributed by atoms with Gasteiger partial charge in [0.05, 0.1) is 0 Å². The Morgan fingerprint density at radius 3 is 2.54 bits per heavy atom. The molecule has 7 unspecified atom stereocenters. The van der Waals surface area contributed by atoms with Crippen LogP contribution in [0.3, 0.4) is 0 Å². The molecule has 0 aliphatic heterocycles. The van der Waals surface area contributed by atoms with Crippen molar-refractivity contribution in [1.82, 2.24) is 0 Å². The van der Waals surface area contributed by atoms with Gasteiger partial charge in [0.15, 0.2) is 0 Å². The minimum absolute atomic E-state index is 0.396. The second-order valence-electron chi connectivity index (χ2n) is 12.1. The predicted molar refractivity (Wildman–Crippen MR) is 123 cm³/mol. The van der Waals surface area contributed by atoms with E-state index in [0.717, 1.165) is 35.5 Å². The van der Waals surface area contributed by atoms with Gasteiger partial charge >= 0.3 is 0 Å². The van der Waals surface area contributed by atoms with E-state index < -0.39 is 0 Å². The van der Waals surface area contributed by atoms with E-state index in [1.807, 2.05) is 0 Å². The first-order chi connectivity index (χ1) is 13.3. The molecule has 0 N–H and O–H groups in total. The normalized spacial score (nSPS) is 46.5. The van der Waals surface area contributed by atoms with Crippen LogP contribution >= 0.6 is 11.6 Å². The molecule has 0 spiro atoms. The third-order valence-corrected chi connectivity index (χ3v) is 10.6. The number of allylic oxidation sites excluding steroid dienone is 2. The molecule has 0 amide bonds. The van der Waals surface area contributed by atoms with Crippen molar-refractivity contribution in [2.45, 2.75) is 111 Å². The lowest BCUT2D eigenvalue weighted by Gasteiger charge is -2.58. The second-order valence-corrected chi connectivity index (χ2v) is 12.7. The van der Waals surface area contributed by atoms with E-state index in [4.69, 9.17) is 11.6 Å². The molecule has 0 saturated heterocycles. The van der Waals surface area contributed by atoms with Gasteiger partial charge in [-0.25, -0.2) is 0 Å². The van der Waals surface area contributed by atoms with E-state index in [9.17, 15) is 0 Å². The fourth-order valence-electron chi connectivity index (χ4n) is 8.64. The Balaban J connectivity index is 1.49. The van der Waals surface area contributed by atoms with Crippen molar-refractivity contribution in [3.63, 3.8) is 0 Å². The SMILES string of the molecule is CC(C)CCCC(C)C1CCC2C3CC=C4CC(Cl)CC[C@]4(C)C3CCC12C. The number of alkyl halides is 1. The van der Waals surface area contributed by atoms with Crippen molar-refractivity contribution in [1.29, 1.82) is 0 Å². The summed E-state index contributed by atoms with van der Waals surface area (Å²) in [5, 5.41) is 0.396. The fourth-order valence-corrected chi connectivity index (χ4v) is 8.92. The topological polar surface area (TPSA) is 0 Å². The van der Waals surface area contributed by atoms with Crippen molar-refractivity contribution in [2.24, 2.45) is 46.3 Å². The molecule has 0 heterocycles. The molecule has 160 valence electrons. The molecule has 3 fully saturated rings. The molecular weight excluding hydrogens is 360 g/mol. The highest BCUT2D eigenvalue weighted by Crippen LogP contribution is 2.67. The van der Waals surface area contributed by atoms with E-state index in [0.29, 0.717) is 16.2 Å². The number of hydrogen-bond donors (Lipinski definition) is 0. The minimum Gasteiger partial charge on any atom is -0.123 e. The Kier molecular flexibility index (Phi) is 6.03. The van der Waals surface area contributed by atoms with Gasteiger partial charge in [-0.2, -0.15) is 0 Å². The van der Waals surface area contributed by atoms with Gasteiger partial charge in [0, 0.05) is 5.38 Å². The maximum absolute atomic E-state index is 6.56. The summed E-state index contributed by atoms with van der Waals surface area (Å²) in [7, 11) is 0. The average molecular weight is 405 g/mol. The molecule has 0 nitrogen and oxygen atoms in total. The smallest absolute Gasteiger partial charge is 0.0373 e. The van der Waals surface area contributed by atoms with Gasteiger partial charge in [-0.05, 0) is 97.7 Å². The van der Waals surface area contributed by atoms with Crippen LogP contribution < -0.4 is 0 Å². The van der Waals surface area contributed by atoms with Crippen LogP contribution in [0.4, 0.5) is 0 Å². The maximum Gasteiger partial charge on any atom is 0.0373 e. The Morgan fingerprint density at radius 1 is 1.00 bits per heavy atom. The average Bonchev–Trinajstić information content (AvgIpc) is 2.99. The number of hydrogen-bond acceptors (Lipinski definition) is 0. The quantitative estimate of drug-likeness (QED) is 0.317. The van der Waals surface area contributed by atoms with E-state index in [1.54, 1.807) is 5.57 Å². The molecule has 28 heavy (non-hydrogen) atoms. The van der Waals surface area contributed by atoms with Gasteiger partial charge < -0.3 is 0 Å². The Labute approximate surface area is 180 Å².